The van der Waals surface area contributed by atoms with Crippen LogP contribution in [0, 0.1) is 0 Å². The summed E-state index contributed by atoms with van der Waals surface area (Å²) in [6, 6.07) is 0. The van der Waals surface area contributed by atoms with Gasteiger partial charge in [-0.15, -0.1) is 0 Å². The number of nitrogens with zero attached hydrogens (tertiary/aromatic N) is 3. The zero-order chi connectivity index (χ0) is 11.8. The summed E-state index contributed by atoms with van der Waals surface area (Å²) in [5.74, 6) is 0.891. The van der Waals surface area contributed by atoms with Crippen molar-refractivity contribution in [1.82, 2.24) is 14.8 Å². The summed E-state index contributed by atoms with van der Waals surface area (Å²) in [5, 5.41) is 4.02. The maximum Gasteiger partial charge on any atom is 0.142 e. The highest BCUT2D eigenvalue weighted by atomic mass is 16.5. The first-order chi connectivity index (χ1) is 7.77. The number of ketones is 1. The Morgan fingerprint density at radius 3 is 2.94 bits per heavy atom. The second-order valence-corrected chi connectivity index (χ2v) is 3.57. The zero-order valence-corrected chi connectivity index (χ0v) is 9.98. The van der Waals surface area contributed by atoms with Crippen molar-refractivity contribution < 1.29 is 9.53 Å². The van der Waals surface area contributed by atoms with Crippen molar-refractivity contribution in [2.75, 3.05) is 13.2 Å². The summed E-state index contributed by atoms with van der Waals surface area (Å²) in [6.07, 6.45) is 3.28. The molecule has 0 unspecified atom stereocenters. The van der Waals surface area contributed by atoms with Crippen molar-refractivity contribution in [3.05, 3.63) is 12.2 Å². The minimum Gasteiger partial charge on any atom is -0.381 e. The Morgan fingerprint density at radius 2 is 2.25 bits per heavy atom. The number of ether oxygens (including phenoxy) is 1. The molecule has 0 bridgehead atoms. The minimum atomic E-state index is 0.152. The van der Waals surface area contributed by atoms with Crippen LogP contribution < -0.4 is 0 Å². The molecule has 0 amide bonds. The van der Waals surface area contributed by atoms with Crippen LogP contribution in [0.25, 0.3) is 0 Å². The first kappa shape index (κ1) is 12.8. The Kier molecular flexibility index (Phi) is 5.71. The maximum atomic E-state index is 11.6. The van der Waals surface area contributed by atoms with E-state index in [1.165, 1.54) is 6.33 Å². The molecule has 0 aromatic carbocycles. The van der Waals surface area contributed by atoms with E-state index in [2.05, 4.69) is 10.1 Å². The summed E-state index contributed by atoms with van der Waals surface area (Å²) in [4.78, 5) is 15.6. The quantitative estimate of drug-likeness (QED) is 0.624. The molecule has 90 valence electrons. The lowest BCUT2D eigenvalue weighted by Gasteiger charge is -2.03. The van der Waals surface area contributed by atoms with E-state index in [-0.39, 0.29) is 5.78 Å². The Hall–Kier alpha value is -1.23. The molecule has 0 atom stereocenters. The van der Waals surface area contributed by atoms with Crippen molar-refractivity contribution in [3.8, 4) is 0 Å². The highest BCUT2D eigenvalue weighted by Crippen LogP contribution is 1.99. The van der Waals surface area contributed by atoms with E-state index in [9.17, 15) is 4.79 Å². The summed E-state index contributed by atoms with van der Waals surface area (Å²) >= 11 is 0. The van der Waals surface area contributed by atoms with E-state index in [0.29, 0.717) is 19.4 Å². The Balaban J connectivity index is 2.28. The van der Waals surface area contributed by atoms with Crippen LogP contribution >= 0.6 is 0 Å². The SMILES string of the molecule is CCCOCCC(=O)Cc1ncnn1CC. The molecular weight excluding hydrogens is 206 g/mol. The van der Waals surface area contributed by atoms with Gasteiger partial charge in [-0.25, -0.2) is 9.67 Å². The molecule has 5 heteroatoms. The molecule has 0 spiro atoms. The average molecular weight is 225 g/mol. The number of hydrogen-bond acceptors (Lipinski definition) is 4. The van der Waals surface area contributed by atoms with Crippen molar-refractivity contribution in [2.45, 2.75) is 39.7 Å². The fraction of sp³-hybridized carbons (Fsp3) is 0.727. The van der Waals surface area contributed by atoms with Gasteiger partial charge in [0.15, 0.2) is 0 Å². The number of rotatable bonds is 8. The molecule has 1 aromatic rings. The Bertz CT molecular complexity index is 323. The molecule has 16 heavy (non-hydrogen) atoms. The molecule has 1 aromatic heterocycles. The van der Waals surface area contributed by atoms with E-state index in [1.54, 1.807) is 4.68 Å². The van der Waals surface area contributed by atoms with Gasteiger partial charge in [0.25, 0.3) is 0 Å². The van der Waals surface area contributed by atoms with Crippen LogP contribution in [0.4, 0.5) is 0 Å². The molecule has 0 saturated heterocycles. The second-order valence-electron chi connectivity index (χ2n) is 3.57. The number of hydrogen-bond donors (Lipinski definition) is 0. The molecule has 1 rings (SSSR count). The fourth-order valence-corrected chi connectivity index (χ4v) is 1.39. The number of Topliss-reactive ketones (excluding diaryl/α,β-unsaturated/α-hetero) is 1. The molecule has 0 fully saturated rings. The fourth-order valence-electron chi connectivity index (χ4n) is 1.39. The number of aryl methyl sites for hydroxylation is 1. The van der Waals surface area contributed by atoms with Gasteiger partial charge in [-0.2, -0.15) is 5.10 Å². The molecule has 0 saturated carbocycles. The second kappa shape index (κ2) is 7.11. The zero-order valence-electron chi connectivity index (χ0n) is 9.98. The first-order valence-electron chi connectivity index (χ1n) is 5.74. The summed E-state index contributed by atoms with van der Waals surface area (Å²) in [6.45, 7) is 6.00. The summed E-state index contributed by atoms with van der Waals surface area (Å²) < 4.78 is 7.01. The molecule has 0 radical (unpaired) electrons. The minimum absolute atomic E-state index is 0.152. The lowest BCUT2D eigenvalue weighted by molar-refractivity contribution is -0.119. The van der Waals surface area contributed by atoms with Crippen LogP contribution in [-0.2, 0) is 22.5 Å². The van der Waals surface area contributed by atoms with E-state index in [4.69, 9.17) is 4.74 Å². The van der Waals surface area contributed by atoms with E-state index in [0.717, 1.165) is 25.4 Å². The smallest absolute Gasteiger partial charge is 0.142 e. The van der Waals surface area contributed by atoms with Crippen LogP contribution in [0.5, 0.6) is 0 Å². The summed E-state index contributed by atoms with van der Waals surface area (Å²) in [5.41, 5.74) is 0. The van der Waals surface area contributed by atoms with Crippen LogP contribution in [0.3, 0.4) is 0 Å². The van der Waals surface area contributed by atoms with Gasteiger partial charge in [-0.3, -0.25) is 4.79 Å². The summed E-state index contributed by atoms with van der Waals surface area (Å²) in [7, 11) is 0. The maximum absolute atomic E-state index is 11.6. The van der Waals surface area contributed by atoms with Crippen LogP contribution in [0.1, 0.15) is 32.5 Å². The standard InChI is InChI=1S/C11H19N3O2/c1-3-6-16-7-5-10(15)8-11-12-9-13-14(11)4-2/h9H,3-8H2,1-2H3. The van der Waals surface area contributed by atoms with Gasteiger partial charge in [0.1, 0.15) is 17.9 Å². The molecule has 0 aliphatic rings. The lowest BCUT2D eigenvalue weighted by Crippen LogP contribution is -2.12. The van der Waals surface area contributed by atoms with Gasteiger partial charge in [-0.05, 0) is 13.3 Å². The van der Waals surface area contributed by atoms with Gasteiger partial charge in [0.05, 0.1) is 13.0 Å². The Morgan fingerprint density at radius 1 is 1.44 bits per heavy atom. The van der Waals surface area contributed by atoms with Crippen LogP contribution in [-0.4, -0.2) is 33.8 Å². The van der Waals surface area contributed by atoms with Gasteiger partial charge >= 0.3 is 0 Å². The Labute approximate surface area is 95.8 Å². The molecule has 1 heterocycles. The lowest BCUT2D eigenvalue weighted by atomic mass is 10.2. The van der Waals surface area contributed by atoms with Crippen molar-refractivity contribution in [2.24, 2.45) is 0 Å². The molecule has 0 aliphatic heterocycles. The van der Waals surface area contributed by atoms with E-state index < -0.39 is 0 Å². The highest BCUT2D eigenvalue weighted by molar-refractivity contribution is 5.80. The normalized spacial score (nSPS) is 10.6. The predicted molar refractivity (Wildman–Crippen MR) is 60.1 cm³/mol. The average Bonchev–Trinajstić information content (AvgIpc) is 2.71. The topological polar surface area (TPSA) is 57.0 Å². The van der Waals surface area contributed by atoms with Gasteiger partial charge in [0.2, 0.25) is 0 Å². The number of carbonyl (C=O) groups excluding carboxylic acids is 1. The van der Waals surface area contributed by atoms with Gasteiger partial charge in [0, 0.05) is 19.6 Å². The highest BCUT2D eigenvalue weighted by Gasteiger charge is 2.08. The van der Waals surface area contributed by atoms with Gasteiger partial charge in [-0.1, -0.05) is 6.92 Å². The van der Waals surface area contributed by atoms with Gasteiger partial charge < -0.3 is 4.74 Å². The molecular formula is C11H19N3O2. The van der Waals surface area contributed by atoms with E-state index >= 15 is 0 Å². The van der Waals surface area contributed by atoms with Crippen molar-refractivity contribution in [1.29, 1.82) is 0 Å². The third-order valence-electron chi connectivity index (χ3n) is 2.22. The predicted octanol–water partition coefficient (Wildman–Crippen LogP) is 1.23. The third kappa shape index (κ3) is 4.10. The van der Waals surface area contributed by atoms with Crippen LogP contribution in [0.15, 0.2) is 6.33 Å². The molecule has 0 aliphatic carbocycles. The largest absolute Gasteiger partial charge is 0.381 e. The van der Waals surface area contributed by atoms with E-state index in [1.807, 2.05) is 13.8 Å². The number of aromatic nitrogens is 3. The first-order valence-corrected chi connectivity index (χ1v) is 5.74. The number of carbonyl (C=O) groups is 1. The molecule has 0 N–H and O–H groups in total. The van der Waals surface area contributed by atoms with Crippen LogP contribution in [0.2, 0.25) is 0 Å². The third-order valence-corrected chi connectivity index (χ3v) is 2.22. The van der Waals surface area contributed by atoms with Crippen molar-refractivity contribution >= 4 is 5.78 Å². The van der Waals surface area contributed by atoms with Crippen molar-refractivity contribution in [3.63, 3.8) is 0 Å². The molecule has 5 nitrogen and oxygen atoms in total. The monoisotopic (exact) mass is 225 g/mol.